The summed E-state index contributed by atoms with van der Waals surface area (Å²) in [6, 6.07) is 0. The molecule has 3 heterocycles. The molecular formula is C14H20ClN3O2. The van der Waals surface area contributed by atoms with Crippen LogP contribution in [0, 0.1) is 19.8 Å². The van der Waals surface area contributed by atoms with E-state index in [1.807, 2.05) is 6.92 Å². The molecule has 1 aromatic rings. The van der Waals surface area contributed by atoms with Gasteiger partial charge in [-0.05, 0) is 37.8 Å². The van der Waals surface area contributed by atoms with E-state index in [-0.39, 0.29) is 6.29 Å². The van der Waals surface area contributed by atoms with Crippen molar-refractivity contribution in [2.75, 3.05) is 31.2 Å². The quantitative estimate of drug-likeness (QED) is 0.838. The van der Waals surface area contributed by atoms with Gasteiger partial charge in [0.25, 0.3) is 0 Å². The summed E-state index contributed by atoms with van der Waals surface area (Å²) in [5.74, 6) is 1.45. The number of aromatic nitrogens is 2. The summed E-state index contributed by atoms with van der Waals surface area (Å²) in [4.78, 5) is 2.29. The summed E-state index contributed by atoms with van der Waals surface area (Å²) >= 11 is 6.01. The van der Waals surface area contributed by atoms with Gasteiger partial charge in [0.2, 0.25) is 0 Å². The molecule has 1 aromatic heterocycles. The number of halogens is 1. The Bertz CT molecular complexity index is 484. The number of nitrogens with zero attached hydrogens (tertiary/aromatic N) is 3. The van der Waals surface area contributed by atoms with Gasteiger partial charge in [0.05, 0.1) is 13.2 Å². The molecule has 0 bridgehead atoms. The lowest BCUT2D eigenvalue weighted by Crippen LogP contribution is -2.39. The second-order valence-electron chi connectivity index (χ2n) is 5.50. The minimum absolute atomic E-state index is 0.00344. The number of anilines is 1. The van der Waals surface area contributed by atoms with Crippen LogP contribution in [0.4, 0.5) is 5.82 Å². The SMILES string of the molecule is Cc1c(Cl)nnc(N2CCC(C3OCCO3)CC2)c1C. The Morgan fingerprint density at radius 1 is 1.05 bits per heavy atom. The Hall–Kier alpha value is -0.910. The van der Waals surface area contributed by atoms with E-state index in [9.17, 15) is 0 Å². The molecule has 2 fully saturated rings. The van der Waals surface area contributed by atoms with Crippen molar-refractivity contribution in [3.8, 4) is 0 Å². The molecule has 3 rings (SSSR count). The number of hydrogen-bond donors (Lipinski definition) is 0. The molecule has 6 heteroatoms. The van der Waals surface area contributed by atoms with Crippen LogP contribution in [0.1, 0.15) is 24.0 Å². The third-order valence-corrected chi connectivity index (χ3v) is 4.67. The maximum atomic E-state index is 6.01. The molecule has 110 valence electrons. The second-order valence-corrected chi connectivity index (χ2v) is 5.86. The van der Waals surface area contributed by atoms with Crippen LogP contribution in [0.15, 0.2) is 0 Å². The maximum absolute atomic E-state index is 6.01. The number of piperidine rings is 1. The van der Waals surface area contributed by atoms with Crippen molar-refractivity contribution in [3.05, 3.63) is 16.3 Å². The van der Waals surface area contributed by atoms with Gasteiger partial charge in [-0.1, -0.05) is 11.6 Å². The summed E-state index contributed by atoms with van der Waals surface area (Å²) < 4.78 is 11.2. The average molecular weight is 298 g/mol. The molecule has 0 radical (unpaired) electrons. The van der Waals surface area contributed by atoms with Crippen molar-refractivity contribution in [1.29, 1.82) is 0 Å². The summed E-state index contributed by atoms with van der Waals surface area (Å²) in [6.07, 6.45) is 2.12. The van der Waals surface area contributed by atoms with E-state index in [2.05, 4.69) is 22.0 Å². The average Bonchev–Trinajstić information content (AvgIpc) is 3.00. The molecule has 2 aliphatic heterocycles. The van der Waals surface area contributed by atoms with Crippen molar-refractivity contribution in [3.63, 3.8) is 0 Å². The molecule has 2 saturated heterocycles. The van der Waals surface area contributed by atoms with Crippen LogP contribution < -0.4 is 4.90 Å². The Morgan fingerprint density at radius 2 is 1.70 bits per heavy atom. The predicted molar refractivity (Wildman–Crippen MR) is 77.1 cm³/mol. The lowest BCUT2D eigenvalue weighted by Gasteiger charge is -2.35. The highest BCUT2D eigenvalue weighted by Crippen LogP contribution is 2.30. The highest BCUT2D eigenvalue weighted by Gasteiger charge is 2.31. The van der Waals surface area contributed by atoms with Gasteiger partial charge < -0.3 is 14.4 Å². The third kappa shape index (κ3) is 2.62. The van der Waals surface area contributed by atoms with Crippen LogP contribution in [-0.2, 0) is 9.47 Å². The zero-order valence-electron chi connectivity index (χ0n) is 11.9. The van der Waals surface area contributed by atoms with Gasteiger partial charge in [0.1, 0.15) is 0 Å². The molecule has 0 saturated carbocycles. The van der Waals surface area contributed by atoms with Crippen LogP contribution in [0.3, 0.4) is 0 Å². The standard InChI is InChI=1S/C14H20ClN3O2/c1-9-10(2)13(17-16-12(9)15)18-5-3-11(4-6-18)14-19-7-8-20-14/h11,14H,3-8H2,1-2H3. The van der Waals surface area contributed by atoms with E-state index in [0.717, 1.165) is 56.1 Å². The summed E-state index contributed by atoms with van der Waals surface area (Å²) in [7, 11) is 0. The van der Waals surface area contributed by atoms with Crippen LogP contribution in [0.25, 0.3) is 0 Å². The first-order valence-corrected chi connectivity index (χ1v) is 7.52. The highest BCUT2D eigenvalue weighted by molar-refractivity contribution is 6.30. The Balaban J connectivity index is 1.67. The van der Waals surface area contributed by atoms with Gasteiger partial charge in [-0.15, -0.1) is 10.2 Å². The topological polar surface area (TPSA) is 47.5 Å². The van der Waals surface area contributed by atoms with Gasteiger partial charge in [-0.25, -0.2) is 0 Å². The first-order valence-electron chi connectivity index (χ1n) is 7.14. The molecule has 0 aromatic carbocycles. The molecule has 0 aliphatic carbocycles. The number of ether oxygens (including phenoxy) is 2. The molecule has 5 nitrogen and oxygen atoms in total. The fourth-order valence-electron chi connectivity index (χ4n) is 2.90. The van der Waals surface area contributed by atoms with Gasteiger partial charge in [-0.3, -0.25) is 0 Å². The summed E-state index contributed by atoms with van der Waals surface area (Å²) in [5, 5.41) is 8.80. The molecule has 20 heavy (non-hydrogen) atoms. The lowest BCUT2D eigenvalue weighted by atomic mass is 9.96. The van der Waals surface area contributed by atoms with Crippen LogP contribution in [-0.4, -0.2) is 42.8 Å². The normalized spacial score (nSPS) is 21.6. The molecule has 0 unspecified atom stereocenters. The fraction of sp³-hybridized carbons (Fsp3) is 0.714. The van der Waals surface area contributed by atoms with Crippen LogP contribution >= 0.6 is 11.6 Å². The Morgan fingerprint density at radius 3 is 2.35 bits per heavy atom. The van der Waals surface area contributed by atoms with Crippen molar-refractivity contribution in [1.82, 2.24) is 10.2 Å². The molecule has 0 spiro atoms. The monoisotopic (exact) mass is 297 g/mol. The van der Waals surface area contributed by atoms with Crippen LogP contribution in [0.5, 0.6) is 0 Å². The number of rotatable bonds is 2. The molecule has 0 N–H and O–H groups in total. The van der Waals surface area contributed by atoms with E-state index < -0.39 is 0 Å². The predicted octanol–water partition coefficient (Wildman–Crippen LogP) is 2.34. The minimum Gasteiger partial charge on any atom is -0.355 e. The summed E-state index contributed by atoms with van der Waals surface area (Å²) in [6.45, 7) is 7.43. The van der Waals surface area contributed by atoms with Gasteiger partial charge in [0.15, 0.2) is 17.3 Å². The highest BCUT2D eigenvalue weighted by atomic mass is 35.5. The van der Waals surface area contributed by atoms with E-state index in [0.29, 0.717) is 11.1 Å². The van der Waals surface area contributed by atoms with E-state index in [4.69, 9.17) is 21.1 Å². The fourth-order valence-corrected chi connectivity index (χ4v) is 3.08. The van der Waals surface area contributed by atoms with Gasteiger partial charge in [-0.2, -0.15) is 0 Å². The molecule has 0 amide bonds. The van der Waals surface area contributed by atoms with Crippen molar-refractivity contribution < 1.29 is 9.47 Å². The van der Waals surface area contributed by atoms with Gasteiger partial charge in [0, 0.05) is 19.0 Å². The maximum Gasteiger partial charge on any atom is 0.160 e. The zero-order valence-corrected chi connectivity index (χ0v) is 12.7. The van der Waals surface area contributed by atoms with Crippen molar-refractivity contribution in [2.45, 2.75) is 33.0 Å². The molecular weight excluding hydrogens is 278 g/mol. The van der Waals surface area contributed by atoms with E-state index in [1.165, 1.54) is 0 Å². The lowest BCUT2D eigenvalue weighted by molar-refractivity contribution is -0.0889. The first kappa shape index (κ1) is 14.0. The zero-order chi connectivity index (χ0) is 14.1. The molecule has 2 aliphatic rings. The largest absolute Gasteiger partial charge is 0.355 e. The van der Waals surface area contributed by atoms with E-state index in [1.54, 1.807) is 0 Å². The van der Waals surface area contributed by atoms with Gasteiger partial charge >= 0.3 is 0 Å². The smallest absolute Gasteiger partial charge is 0.160 e. The van der Waals surface area contributed by atoms with Crippen molar-refractivity contribution in [2.24, 2.45) is 5.92 Å². The Kier molecular flexibility index (Phi) is 4.10. The van der Waals surface area contributed by atoms with E-state index >= 15 is 0 Å². The van der Waals surface area contributed by atoms with Crippen LogP contribution in [0.2, 0.25) is 5.15 Å². The molecule has 0 atom stereocenters. The minimum atomic E-state index is -0.00344. The summed E-state index contributed by atoms with van der Waals surface area (Å²) in [5.41, 5.74) is 2.14. The number of hydrogen-bond acceptors (Lipinski definition) is 5. The third-order valence-electron chi connectivity index (χ3n) is 4.31. The Labute approximate surface area is 124 Å². The second kappa shape index (κ2) is 5.84. The van der Waals surface area contributed by atoms with Crippen molar-refractivity contribution >= 4 is 17.4 Å². The first-order chi connectivity index (χ1) is 9.66.